The van der Waals surface area contributed by atoms with Crippen molar-refractivity contribution in [3.63, 3.8) is 0 Å². The molecule has 2 aromatic heterocycles. The SMILES string of the molecule is OCc1c(Oc2ccccc2Cl)nc2ccccn12. The number of benzene rings is 1. The molecule has 0 fully saturated rings. The van der Waals surface area contributed by atoms with E-state index >= 15 is 0 Å². The van der Waals surface area contributed by atoms with Crippen LogP contribution in [0.3, 0.4) is 0 Å². The molecule has 0 atom stereocenters. The van der Waals surface area contributed by atoms with Gasteiger partial charge in [0, 0.05) is 6.20 Å². The molecule has 0 saturated heterocycles. The second-order valence-electron chi connectivity index (χ2n) is 3.98. The smallest absolute Gasteiger partial charge is 0.243 e. The fraction of sp³-hybridized carbons (Fsp3) is 0.0714. The maximum Gasteiger partial charge on any atom is 0.243 e. The Balaban J connectivity index is 2.08. The van der Waals surface area contributed by atoms with Crippen molar-refractivity contribution in [1.82, 2.24) is 9.38 Å². The van der Waals surface area contributed by atoms with Gasteiger partial charge in [0.25, 0.3) is 0 Å². The number of halogens is 1. The number of nitrogens with zero attached hydrogens (tertiary/aromatic N) is 2. The number of aliphatic hydroxyl groups is 1. The zero-order valence-electron chi connectivity index (χ0n) is 9.95. The van der Waals surface area contributed by atoms with Crippen LogP contribution < -0.4 is 4.74 Å². The van der Waals surface area contributed by atoms with Crippen molar-refractivity contribution in [3.8, 4) is 11.6 Å². The Hall–Kier alpha value is -2.04. The Kier molecular flexibility index (Phi) is 3.11. The molecule has 19 heavy (non-hydrogen) atoms. The van der Waals surface area contributed by atoms with Gasteiger partial charge in [-0.2, -0.15) is 4.98 Å². The van der Waals surface area contributed by atoms with Gasteiger partial charge >= 0.3 is 0 Å². The molecule has 0 bridgehead atoms. The van der Waals surface area contributed by atoms with Crippen molar-refractivity contribution >= 4 is 17.2 Å². The van der Waals surface area contributed by atoms with E-state index in [4.69, 9.17) is 16.3 Å². The summed E-state index contributed by atoms with van der Waals surface area (Å²) in [6.45, 7) is -0.162. The topological polar surface area (TPSA) is 46.8 Å². The van der Waals surface area contributed by atoms with Gasteiger partial charge in [0.15, 0.2) is 0 Å². The minimum Gasteiger partial charge on any atom is -0.436 e. The van der Waals surface area contributed by atoms with E-state index in [0.717, 1.165) is 0 Å². The maximum absolute atomic E-state index is 9.48. The summed E-state index contributed by atoms with van der Waals surface area (Å²) < 4.78 is 7.48. The fourth-order valence-corrected chi connectivity index (χ4v) is 2.06. The summed E-state index contributed by atoms with van der Waals surface area (Å²) in [5.74, 6) is 0.879. The number of aromatic nitrogens is 2. The van der Waals surface area contributed by atoms with Gasteiger partial charge in [-0.15, -0.1) is 0 Å². The van der Waals surface area contributed by atoms with Crippen LogP contribution in [-0.2, 0) is 6.61 Å². The van der Waals surface area contributed by atoms with Crippen LogP contribution in [0, 0.1) is 0 Å². The Bertz CT molecular complexity index is 724. The Morgan fingerprint density at radius 1 is 1.16 bits per heavy atom. The van der Waals surface area contributed by atoms with E-state index in [2.05, 4.69) is 4.98 Å². The zero-order chi connectivity index (χ0) is 13.2. The second kappa shape index (κ2) is 4.91. The highest BCUT2D eigenvalue weighted by molar-refractivity contribution is 6.32. The van der Waals surface area contributed by atoms with Crippen molar-refractivity contribution < 1.29 is 9.84 Å². The second-order valence-corrected chi connectivity index (χ2v) is 4.39. The van der Waals surface area contributed by atoms with Gasteiger partial charge in [0.05, 0.1) is 11.6 Å². The van der Waals surface area contributed by atoms with Gasteiger partial charge in [-0.1, -0.05) is 29.8 Å². The average molecular weight is 275 g/mol. The molecule has 0 aliphatic carbocycles. The van der Waals surface area contributed by atoms with Gasteiger partial charge in [-0.3, -0.25) is 4.40 Å². The Morgan fingerprint density at radius 2 is 1.95 bits per heavy atom. The van der Waals surface area contributed by atoms with E-state index in [1.807, 2.05) is 36.5 Å². The lowest BCUT2D eigenvalue weighted by molar-refractivity contribution is 0.269. The molecule has 1 aromatic carbocycles. The number of para-hydroxylation sites is 1. The highest BCUT2D eigenvalue weighted by Crippen LogP contribution is 2.30. The quantitative estimate of drug-likeness (QED) is 0.797. The summed E-state index contributed by atoms with van der Waals surface area (Å²) in [7, 11) is 0. The number of rotatable bonds is 3. The van der Waals surface area contributed by atoms with Crippen LogP contribution in [0.5, 0.6) is 11.6 Å². The molecule has 0 radical (unpaired) electrons. The minimum absolute atomic E-state index is 0.162. The molecule has 0 spiro atoms. The number of imidazole rings is 1. The Labute approximate surface area is 114 Å². The molecule has 1 N–H and O–H groups in total. The zero-order valence-corrected chi connectivity index (χ0v) is 10.7. The summed E-state index contributed by atoms with van der Waals surface area (Å²) in [6.07, 6.45) is 1.83. The lowest BCUT2D eigenvalue weighted by Gasteiger charge is -2.05. The van der Waals surface area contributed by atoms with Crippen molar-refractivity contribution in [2.24, 2.45) is 0 Å². The van der Waals surface area contributed by atoms with E-state index in [0.29, 0.717) is 28.0 Å². The first-order valence-electron chi connectivity index (χ1n) is 5.79. The third kappa shape index (κ3) is 2.16. The van der Waals surface area contributed by atoms with Crippen LogP contribution in [-0.4, -0.2) is 14.5 Å². The highest BCUT2D eigenvalue weighted by atomic mass is 35.5. The average Bonchev–Trinajstić information content (AvgIpc) is 2.78. The minimum atomic E-state index is -0.162. The van der Waals surface area contributed by atoms with Crippen LogP contribution in [0.4, 0.5) is 0 Å². The van der Waals surface area contributed by atoms with Gasteiger partial charge < -0.3 is 9.84 Å². The normalized spacial score (nSPS) is 10.8. The van der Waals surface area contributed by atoms with Crippen molar-refractivity contribution in [2.75, 3.05) is 0 Å². The highest BCUT2D eigenvalue weighted by Gasteiger charge is 2.14. The molecule has 5 heteroatoms. The molecule has 0 aliphatic heterocycles. The first-order valence-corrected chi connectivity index (χ1v) is 6.16. The molecule has 0 amide bonds. The van der Waals surface area contributed by atoms with E-state index in [-0.39, 0.29) is 6.61 Å². The van der Waals surface area contributed by atoms with Crippen molar-refractivity contribution in [1.29, 1.82) is 0 Å². The number of fused-ring (bicyclic) bond motifs is 1. The van der Waals surface area contributed by atoms with Crippen LogP contribution in [0.1, 0.15) is 5.69 Å². The number of aliphatic hydroxyl groups excluding tert-OH is 1. The van der Waals surface area contributed by atoms with E-state index < -0.39 is 0 Å². The molecule has 0 aliphatic rings. The summed E-state index contributed by atoms with van der Waals surface area (Å²) in [4.78, 5) is 4.34. The fourth-order valence-electron chi connectivity index (χ4n) is 1.88. The molecule has 0 saturated carbocycles. The monoisotopic (exact) mass is 274 g/mol. The van der Waals surface area contributed by atoms with Crippen molar-refractivity contribution in [2.45, 2.75) is 6.61 Å². The number of pyridine rings is 1. The molecular formula is C14H11ClN2O2. The third-order valence-corrected chi connectivity index (χ3v) is 3.10. The molecule has 3 rings (SSSR count). The first kappa shape index (κ1) is 12.0. The lowest BCUT2D eigenvalue weighted by Crippen LogP contribution is -1.94. The van der Waals surface area contributed by atoms with E-state index in [1.165, 1.54) is 0 Å². The summed E-state index contributed by atoms with van der Waals surface area (Å²) in [5.41, 5.74) is 1.31. The lowest BCUT2D eigenvalue weighted by atomic mass is 10.3. The largest absolute Gasteiger partial charge is 0.436 e. The van der Waals surface area contributed by atoms with Crippen LogP contribution in [0.15, 0.2) is 48.7 Å². The first-order chi connectivity index (χ1) is 9.29. The molecular weight excluding hydrogens is 264 g/mol. The third-order valence-electron chi connectivity index (χ3n) is 2.79. The van der Waals surface area contributed by atoms with Crippen LogP contribution in [0.25, 0.3) is 5.65 Å². The predicted octanol–water partition coefficient (Wildman–Crippen LogP) is 3.27. The molecule has 2 heterocycles. The molecule has 96 valence electrons. The standard InChI is InChI=1S/C14H11ClN2O2/c15-10-5-1-2-6-12(10)19-14-11(9-18)17-8-4-3-7-13(17)16-14/h1-8,18H,9H2. The number of ether oxygens (including phenoxy) is 1. The maximum atomic E-state index is 9.48. The van der Waals surface area contributed by atoms with E-state index in [1.54, 1.807) is 16.5 Å². The van der Waals surface area contributed by atoms with Gasteiger partial charge in [-0.05, 0) is 24.3 Å². The molecule has 4 nitrogen and oxygen atoms in total. The molecule has 3 aromatic rings. The van der Waals surface area contributed by atoms with Crippen LogP contribution >= 0.6 is 11.6 Å². The van der Waals surface area contributed by atoms with Crippen LogP contribution in [0.2, 0.25) is 5.02 Å². The Morgan fingerprint density at radius 3 is 2.74 bits per heavy atom. The van der Waals surface area contributed by atoms with E-state index in [9.17, 15) is 5.11 Å². The van der Waals surface area contributed by atoms with Gasteiger partial charge in [0.1, 0.15) is 17.1 Å². The predicted molar refractivity (Wildman–Crippen MR) is 72.6 cm³/mol. The molecule has 0 unspecified atom stereocenters. The number of hydrogen-bond acceptors (Lipinski definition) is 3. The number of hydrogen-bond donors (Lipinski definition) is 1. The summed E-state index contributed by atoms with van der Waals surface area (Å²) in [6, 6.07) is 12.7. The summed E-state index contributed by atoms with van der Waals surface area (Å²) >= 11 is 6.05. The summed E-state index contributed by atoms with van der Waals surface area (Å²) in [5, 5.41) is 9.98. The van der Waals surface area contributed by atoms with Crippen molar-refractivity contribution in [3.05, 3.63) is 59.4 Å². The van der Waals surface area contributed by atoms with Gasteiger partial charge in [-0.25, -0.2) is 0 Å². The van der Waals surface area contributed by atoms with Gasteiger partial charge in [0.2, 0.25) is 5.88 Å².